The van der Waals surface area contributed by atoms with E-state index >= 15 is 0 Å². The van der Waals surface area contributed by atoms with Crippen molar-refractivity contribution >= 4 is 105 Å². The molecule has 0 radical (unpaired) electrons. The van der Waals surface area contributed by atoms with Gasteiger partial charge in [-0.1, -0.05) is 0 Å². The third-order valence-electron chi connectivity index (χ3n) is 4.93. The molecule has 7 aromatic rings. The van der Waals surface area contributed by atoms with E-state index in [-0.39, 0.29) is 20.4 Å². The number of fused-ring (bicyclic) bond motifs is 5. The topological polar surface area (TPSA) is 51.6 Å². The number of nitrogens with zero attached hydrogens (tertiary/aromatic N) is 4. The number of benzene rings is 2. The minimum atomic E-state index is -0.359. The van der Waals surface area contributed by atoms with Crippen LogP contribution in [0.5, 0.6) is 0 Å². The quantitative estimate of drug-likeness (QED) is 0.226. The summed E-state index contributed by atoms with van der Waals surface area (Å²) in [5.74, 6) is 0. The van der Waals surface area contributed by atoms with Crippen molar-refractivity contribution in [1.29, 1.82) is 0 Å². The first kappa shape index (κ1) is 17.0. The number of rotatable bonds is 2. The monoisotopic (exact) mass is 562 g/mol. The second-order valence-electron chi connectivity index (χ2n) is 6.59. The Kier molecular flexibility index (Phi) is 3.74. The predicted octanol–water partition coefficient (Wildman–Crippen LogP) is 6.52. The Balaban J connectivity index is 1.43. The van der Waals surface area contributed by atoms with E-state index in [9.17, 15) is 0 Å². The SMILES string of the molecule is c1cc(-c2cc3[te]c4cc(-c5cccc6nsnc56)sc4c3s2)c2nsnc2c1. The van der Waals surface area contributed by atoms with Crippen LogP contribution in [0.1, 0.15) is 0 Å². The number of hydrogen-bond acceptors (Lipinski definition) is 8. The van der Waals surface area contributed by atoms with E-state index in [0.29, 0.717) is 0 Å². The van der Waals surface area contributed by atoms with E-state index < -0.39 is 0 Å². The fourth-order valence-corrected chi connectivity index (χ4v) is 12.0. The van der Waals surface area contributed by atoms with Gasteiger partial charge in [0, 0.05) is 0 Å². The second-order valence-corrected chi connectivity index (χ2v) is 12.8. The van der Waals surface area contributed by atoms with Gasteiger partial charge in [0.1, 0.15) is 0 Å². The molecule has 0 N–H and O–H groups in total. The Morgan fingerprint density at radius 2 is 1.14 bits per heavy atom. The molecule has 29 heavy (non-hydrogen) atoms. The zero-order chi connectivity index (χ0) is 18.9. The summed E-state index contributed by atoms with van der Waals surface area (Å²) in [5, 5.41) is 0. The van der Waals surface area contributed by atoms with Crippen molar-refractivity contribution in [1.82, 2.24) is 17.5 Å². The van der Waals surface area contributed by atoms with E-state index in [0.717, 1.165) is 22.1 Å². The third kappa shape index (κ3) is 2.53. The van der Waals surface area contributed by atoms with Crippen LogP contribution in [0.4, 0.5) is 0 Å². The Labute approximate surface area is 190 Å². The molecule has 0 atom stereocenters. The molecule has 2 aromatic carbocycles. The van der Waals surface area contributed by atoms with Crippen LogP contribution in [0.25, 0.3) is 59.2 Å². The maximum absolute atomic E-state index is 4.53. The molecule has 0 aliphatic carbocycles. The zero-order valence-corrected chi connectivity index (χ0v) is 20.0. The Bertz CT molecular complexity index is 1560. The Morgan fingerprint density at radius 3 is 1.66 bits per heavy atom. The van der Waals surface area contributed by atoms with Gasteiger partial charge in [-0.15, -0.1) is 0 Å². The molecule has 0 amide bonds. The van der Waals surface area contributed by atoms with Gasteiger partial charge in [0.2, 0.25) is 0 Å². The summed E-state index contributed by atoms with van der Waals surface area (Å²) < 4.78 is 23.9. The first-order valence-electron chi connectivity index (χ1n) is 8.74. The van der Waals surface area contributed by atoms with Crippen LogP contribution < -0.4 is 0 Å². The molecule has 0 bridgehead atoms. The van der Waals surface area contributed by atoms with Gasteiger partial charge in [0.05, 0.1) is 0 Å². The zero-order valence-electron chi connectivity index (χ0n) is 14.4. The summed E-state index contributed by atoms with van der Waals surface area (Å²) in [4.78, 5) is 2.62. The molecule has 5 heterocycles. The average Bonchev–Trinajstić information content (AvgIpc) is 3.52. The van der Waals surface area contributed by atoms with Crippen LogP contribution >= 0.6 is 46.1 Å². The number of aromatic nitrogens is 4. The van der Waals surface area contributed by atoms with E-state index in [2.05, 4.69) is 53.9 Å². The minimum absolute atomic E-state index is 0.359. The van der Waals surface area contributed by atoms with Gasteiger partial charge in [-0.3, -0.25) is 0 Å². The summed E-state index contributed by atoms with van der Waals surface area (Å²) in [6, 6.07) is 17.4. The molecular weight excluding hydrogens is 552 g/mol. The molecule has 7 rings (SSSR count). The van der Waals surface area contributed by atoms with Gasteiger partial charge in [-0.2, -0.15) is 0 Å². The Hall–Kier alpha value is -1.73. The molecule has 0 aliphatic heterocycles. The summed E-state index contributed by atoms with van der Waals surface area (Å²) in [7, 11) is 0. The molecule has 0 saturated carbocycles. The van der Waals surface area contributed by atoms with Crippen molar-refractivity contribution in [2.45, 2.75) is 0 Å². The first-order valence-corrected chi connectivity index (χ1v) is 14.2. The summed E-state index contributed by atoms with van der Waals surface area (Å²) >= 11 is 6.03. The van der Waals surface area contributed by atoms with E-state index in [1.165, 1.54) is 53.7 Å². The van der Waals surface area contributed by atoms with Crippen molar-refractivity contribution in [3.8, 4) is 20.9 Å². The van der Waals surface area contributed by atoms with Crippen molar-refractivity contribution in [3.05, 3.63) is 48.5 Å². The van der Waals surface area contributed by atoms with Crippen molar-refractivity contribution in [2.24, 2.45) is 0 Å². The maximum atomic E-state index is 4.53. The number of hydrogen-bond donors (Lipinski definition) is 0. The molecule has 138 valence electrons. The van der Waals surface area contributed by atoms with Crippen LogP contribution in [0.3, 0.4) is 0 Å². The van der Waals surface area contributed by atoms with Crippen LogP contribution in [0, 0.1) is 0 Å². The molecule has 0 spiro atoms. The summed E-state index contributed by atoms with van der Waals surface area (Å²) in [6.45, 7) is 0. The van der Waals surface area contributed by atoms with Crippen molar-refractivity contribution < 1.29 is 0 Å². The van der Waals surface area contributed by atoms with E-state index in [1.807, 2.05) is 34.8 Å². The van der Waals surface area contributed by atoms with Crippen molar-refractivity contribution in [2.75, 3.05) is 0 Å². The van der Waals surface area contributed by atoms with Crippen LogP contribution in [0.15, 0.2) is 48.5 Å². The average molecular weight is 560 g/mol. The number of thiophene rings is 2. The molecule has 0 fully saturated rings. The third-order valence-corrected chi connectivity index (χ3v) is 12.4. The normalized spacial score (nSPS) is 12.1. The first-order chi connectivity index (χ1) is 14.3. The van der Waals surface area contributed by atoms with Gasteiger partial charge < -0.3 is 0 Å². The standard InChI is InChI=1S/C20H8N4S4Te/c1-3-9(17-11(5-1)21-27-23-17)13-7-15-19(25-13)20-16(29-15)8-14(26-20)10-4-2-6-12-18(10)24-28-22-12/h1-8H. The summed E-state index contributed by atoms with van der Waals surface area (Å²) in [5.41, 5.74) is 6.43. The molecular formula is C20H8N4S4Te. The molecule has 5 aromatic heterocycles. The van der Waals surface area contributed by atoms with Gasteiger partial charge in [0.15, 0.2) is 0 Å². The fourth-order valence-electron chi connectivity index (χ4n) is 3.61. The molecule has 0 saturated heterocycles. The fraction of sp³-hybridized carbons (Fsp3) is 0. The Morgan fingerprint density at radius 1 is 0.621 bits per heavy atom. The summed E-state index contributed by atoms with van der Waals surface area (Å²) in [6.07, 6.45) is 0. The second kappa shape index (κ2) is 6.38. The van der Waals surface area contributed by atoms with Crippen LogP contribution in [-0.4, -0.2) is 37.9 Å². The predicted molar refractivity (Wildman–Crippen MR) is 127 cm³/mol. The van der Waals surface area contributed by atoms with Gasteiger partial charge in [0.25, 0.3) is 0 Å². The van der Waals surface area contributed by atoms with Gasteiger partial charge >= 0.3 is 192 Å². The van der Waals surface area contributed by atoms with Crippen LogP contribution in [-0.2, 0) is 0 Å². The molecule has 9 heteroatoms. The van der Waals surface area contributed by atoms with Crippen LogP contribution in [0.2, 0.25) is 0 Å². The van der Waals surface area contributed by atoms with E-state index in [4.69, 9.17) is 0 Å². The molecule has 4 nitrogen and oxygen atoms in total. The van der Waals surface area contributed by atoms with Crippen molar-refractivity contribution in [3.63, 3.8) is 0 Å². The van der Waals surface area contributed by atoms with Gasteiger partial charge in [-0.25, -0.2) is 0 Å². The molecule has 0 unspecified atom stereocenters. The van der Waals surface area contributed by atoms with E-state index in [1.54, 1.807) is 6.80 Å². The molecule has 0 aliphatic rings. The van der Waals surface area contributed by atoms with Gasteiger partial charge in [-0.05, 0) is 0 Å².